The van der Waals surface area contributed by atoms with Gasteiger partial charge in [0.05, 0.1) is 12.1 Å². The topological polar surface area (TPSA) is 78.6 Å². The molecule has 1 saturated carbocycles. The minimum Gasteiger partial charge on any atom is -0.390 e. The molecule has 0 heterocycles. The number of nitrogens with one attached hydrogen (secondary N) is 1. The molecule has 0 radical (unpaired) electrons. The third-order valence-electron chi connectivity index (χ3n) is 4.36. The van der Waals surface area contributed by atoms with Crippen LogP contribution in [0.1, 0.15) is 59.8 Å². The number of nitrogens with two attached hydrogens (primary N) is 1. The Hall–Kier alpha value is -0.650. The van der Waals surface area contributed by atoms with E-state index in [-0.39, 0.29) is 24.0 Å². The second-order valence-corrected chi connectivity index (χ2v) is 7.76. The van der Waals surface area contributed by atoms with Crippen LogP contribution in [0.3, 0.4) is 0 Å². The number of amides is 1. The molecule has 130 valence electrons. The zero-order valence-corrected chi connectivity index (χ0v) is 14.8. The summed E-state index contributed by atoms with van der Waals surface area (Å²) in [5, 5.41) is 13.0. The molecule has 5 heteroatoms. The van der Waals surface area contributed by atoms with E-state index >= 15 is 0 Å². The third-order valence-corrected chi connectivity index (χ3v) is 4.36. The highest BCUT2D eigenvalue weighted by atomic mass is 16.3. The van der Waals surface area contributed by atoms with Gasteiger partial charge in [-0.3, -0.25) is 9.69 Å². The second kappa shape index (κ2) is 8.85. The average Bonchev–Trinajstić information content (AvgIpc) is 2.44. The van der Waals surface area contributed by atoms with Crippen LogP contribution < -0.4 is 11.1 Å². The fourth-order valence-corrected chi connectivity index (χ4v) is 3.08. The maximum atomic E-state index is 12.4. The second-order valence-electron chi connectivity index (χ2n) is 7.76. The first-order valence-corrected chi connectivity index (χ1v) is 8.67. The van der Waals surface area contributed by atoms with Gasteiger partial charge in [0.1, 0.15) is 0 Å². The molecule has 1 rings (SSSR count). The molecule has 0 aromatic rings. The Bertz CT molecular complexity index is 335. The zero-order valence-electron chi connectivity index (χ0n) is 14.8. The van der Waals surface area contributed by atoms with Crippen molar-refractivity contribution in [3.8, 4) is 0 Å². The number of hydrogen-bond donors (Lipinski definition) is 3. The summed E-state index contributed by atoms with van der Waals surface area (Å²) < 4.78 is 0. The van der Waals surface area contributed by atoms with Gasteiger partial charge in [0.2, 0.25) is 5.91 Å². The molecule has 0 spiro atoms. The first kappa shape index (κ1) is 19.4. The van der Waals surface area contributed by atoms with Gasteiger partial charge in [-0.2, -0.15) is 0 Å². The molecule has 4 N–H and O–H groups in total. The monoisotopic (exact) mass is 313 g/mol. The predicted molar refractivity (Wildman–Crippen MR) is 90.6 cm³/mol. The normalized spacial score (nSPS) is 20.0. The maximum Gasteiger partial charge on any atom is 0.237 e. The lowest BCUT2D eigenvalue weighted by molar-refractivity contribution is -0.128. The Morgan fingerprint density at radius 1 is 1.32 bits per heavy atom. The summed E-state index contributed by atoms with van der Waals surface area (Å²) in [5.41, 5.74) is 5.31. The summed E-state index contributed by atoms with van der Waals surface area (Å²) >= 11 is 0. The van der Waals surface area contributed by atoms with Gasteiger partial charge in [-0.05, 0) is 46.5 Å². The minimum atomic E-state index is -0.575. The van der Waals surface area contributed by atoms with Crippen molar-refractivity contribution in [1.82, 2.24) is 10.2 Å². The van der Waals surface area contributed by atoms with Gasteiger partial charge in [-0.15, -0.1) is 0 Å². The molecule has 0 aromatic carbocycles. The molecule has 5 nitrogen and oxygen atoms in total. The SMILES string of the molecule is C[C@@H](C(=O)NC(C)(C)C)N(CC(O)CN)CC1CCCCC1. The van der Waals surface area contributed by atoms with E-state index in [4.69, 9.17) is 5.73 Å². The van der Waals surface area contributed by atoms with Crippen molar-refractivity contribution in [1.29, 1.82) is 0 Å². The van der Waals surface area contributed by atoms with Crippen LogP contribution in [-0.2, 0) is 4.79 Å². The van der Waals surface area contributed by atoms with Crippen LogP contribution in [0.2, 0.25) is 0 Å². The van der Waals surface area contributed by atoms with Crippen LogP contribution in [0.5, 0.6) is 0 Å². The van der Waals surface area contributed by atoms with Crippen LogP contribution in [0.4, 0.5) is 0 Å². The molecule has 2 atom stereocenters. The molecule has 0 aliphatic heterocycles. The molecular formula is C17H35N3O2. The van der Waals surface area contributed by atoms with Crippen molar-refractivity contribution in [2.24, 2.45) is 11.7 Å². The van der Waals surface area contributed by atoms with E-state index in [1.807, 2.05) is 27.7 Å². The molecule has 0 bridgehead atoms. The van der Waals surface area contributed by atoms with Crippen LogP contribution in [0.25, 0.3) is 0 Å². The van der Waals surface area contributed by atoms with E-state index in [1.54, 1.807) is 0 Å². The molecule has 0 aromatic heterocycles. The average molecular weight is 313 g/mol. The number of hydrogen-bond acceptors (Lipinski definition) is 4. The molecule has 22 heavy (non-hydrogen) atoms. The van der Waals surface area contributed by atoms with E-state index in [2.05, 4.69) is 10.2 Å². The number of rotatable bonds is 7. The fraction of sp³-hybridized carbons (Fsp3) is 0.941. The van der Waals surface area contributed by atoms with Crippen LogP contribution in [0, 0.1) is 5.92 Å². The van der Waals surface area contributed by atoms with Gasteiger partial charge in [-0.25, -0.2) is 0 Å². The predicted octanol–water partition coefficient (Wildman–Crippen LogP) is 1.49. The fourth-order valence-electron chi connectivity index (χ4n) is 3.08. The van der Waals surface area contributed by atoms with Crippen molar-refractivity contribution in [2.75, 3.05) is 19.6 Å². The number of aliphatic hydroxyl groups excluding tert-OH is 1. The summed E-state index contributed by atoms with van der Waals surface area (Å²) in [6, 6.07) is -0.248. The molecule has 1 aliphatic rings. The van der Waals surface area contributed by atoms with Gasteiger partial charge >= 0.3 is 0 Å². The van der Waals surface area contributed by atoms with Gasteiger partial charge in [0.15, 0.2) is 0 Å². The molecular weight excluding hydrogens is 278 g/mol. The molecule has 0 saturated heterocycles. The quantitative estimate of drug-likeness (QED) is 0.665. The highest BCUT2D eigenvalue weighted by Crippen LogP contribution is 2.25. The summed E-state index contributed by atoms with van der Waals surface area (Å²) in [4.78, 5) is 14.6. The van der Waals surface area contributed by atoms with Gasteiger partial charge in [0, 0.05) is 25.2 Å². The Morgan fingerprint density at radius 2 is 1.91 bits per heavy atom. The van der Waals surface area contributed by atoms with Gasteiger partial charge in [0.25, 0.3) is 0 Å². The summed E-state index contributed by atoms with van der Waals surface area (Å²) in [6.07, 6.45) is 5.75. The largest absolute Gasteiger partial charge is 0.390 e. The van der Waals surface area contributed by atoms with Crippen LogP contribution >= 0.6 is 0 Å². The molecule has 1 amide bonds. The number of aliphatic hydroxyl groups is 1. The lowest BCUT2D eigenvalue weighted by Gasteiger charge is -2.35. The smallest absolute Gasteiger partial charge is 0.237 e. The Morgan fingerprint density at radius 3 is 2.41 bits per heavy atom. The van der Waals surface area contributed by atoms with E-state index in [0.29, 0.717) is 12.5 Å². The Kier molecular flexibility index (Phi) is 7.80. The maximum absolute atomic E-state index is 12.4. The van der Waals surface area contributed by atoms with Crippen LogP contribution in [0.15, 0.2) is 0 Å². The summed E-state index contributed by atoms with van der Waals surface area (Å²) in [7, 11) is 0. The van der Waals surface area contributed by atoms with E-state index < -0.39 is 6.10 Å². The minimum absolute atomic E-state index is 0.0209. The van der Waals surface area contributed by atoms with Gasteiger partial charge in [-0.1, -0.05) is 19.3 Å². The standard InChI is InChI=1S/C17H35N3O2/c1-13(16(22)19-17(2,3)4)20(12-15(21)10-18)11-14-8-6-5-7-9-14/h13-15,21H,5-12,18H2,1-4H3,(H,19,22)/t13-,15?/m0/s1. The zero-order chi connectivity index (χ0) is 16.8. The lowest BCUT2D eigenvalue weighted by atomic mass is 9.88. The number of carbonyl (C=O) groups is 1. The highest BCUT2D eigenvalue weighted by Gasteiger charge is 2.28. The van der Waals surface area contributed by atoms with Crippen molar-refractivity contribution >= 4 is 5.91 Å². The first-order chi connectivity index (χ1) is 10.2. The molecule has 1 fully saturated rings. The van der Waals surface area contributed by atoms with Crippen LogP contribution in [-0.4, -0.2) is 53.2 Å². The van der Waals surface area contributed by atoms with Gasteiger partial charge < -0.3 is 16.2 Å². The van der Waals surface area contributed by atoms with E-state index in [0.717, 1.165) is 6.54 Å². The van der Waals surface area contributed by atoms with Crippen molar-refractivity contribution < 1.29 is 9.90 Å². The van der Waals surface area contributed by atoms with Crippen molar-refractivity contribution in [3.63, 3.8) is 0 Å². The van der Waals surface area contributed by atoms with Crippen molar-refractivity contribution in [2.45, 2.75) is 77.5 Å². The molecule has 1 aliphatic carbocycles. The van der Waals surface area contributed by atoms with E-state index in [1.165, 1.54) is 32.1 Å². The number of nitrogens with zero attached hydrogens (tertiary/aromatic N) is 1. The summed E-state index contributed by atoms with van der Waals surface area (Å²) in [5.74, 6) is 0.649. The lowest BCUT2D eigenvalue weighted by Crippen LogP contribution is -2.54. The highest BCUT2D eigenvalue weighted by molar-refractivity contribution is 5.81. The first-order valence-electron chi connectivity index (χ1n) is 8.67. The third kappa shape index (κ3) is 7.07. The number of carbonyl (C=O) groups excluding carboxylic acids is 1. The van der Waals surface area contributed by atoms with Crippen molar-refractivity contribution in [3.05, 3.63) is 0 Å². The summed E-state index contributed by atoms with van der Waals surface area (Å²) in [6.45, 7) is 9.44. The Labute approximate surface area is 135 Å². The van der Waals surface area contributed by atoms with E-state index in [9.17, 15) is 9.90 Å². The Balaban J connectivity index is 2.67. The molecule has 1 unspecified atom stereocenters.